The molecule has 0 heterocycles. The number of unbranched alkanes of at least 4 members (excludes halogenated alkanes) is 13. The molecule has 0 radical (unpaired) electrons. The summed E-state index contributed by atoms with van der Waals surface area (Å²) in [6.45, 7) is 3.63. The van der Waals surface area contributed by atoms with Gasteiger partial charge in [0.25, 0.3) is 0 Å². The molecule has 0 aromatic carbocycles. The zero-order valence-corrected chi connectivity index (χ0v) is 21.2. The van der Waals surface area contributed by atoms with Crippen LogP contribution in [0.1, 0.15) is 98.2 Å². The molecule has 0 saturated heterocycles. The summed E-state index contributed by atoms with van der Waals surface area (Å²) in [4.78, 5) is 0. The van der Waals surface area contributed by atoms with E-state index in [-0.39, 0.29) is 60.4 Å². The van der Waals surface area contributed by atoms with E-state index in [4.69, 9.17) is 0 Å². The quantitative estimate of drug-likeness (QED) is 0.206. The Hall–Kier alpha value is 1.73. The van der Waals surface area contributed by atoms with Crippen molar-refractivity contribution in [3.05, 3.63) is 0 Å². The Bertz CT molecular complexity index is 204. The molecular weight excluding hydrogens is 381 g/mol. The first-order chi connectivity index (χ1) is 9.56. The molecule has 0 aromatic heterocycles. The minimum Gasteiger partial charge on any atom is -1.00 e. The number of halogens is 2. The molecule has 0 aromatic rings. The fourth-order valence-corrected chi connectivity index (χ4v) is 2.78. The van der Waals surface area contributed by atoms with Crippen molar-refractivity contribution in [3.8, 4) is 0 Å². The molecule has 0 fully saturated rings. The zero-order chi connectivity index (χ0) is 15.1. The summed E-state index contributed by atoms with van der Waals surface area (Å²) < 4.78 is 1.12. The van der Waals surface area contributed by atoms with E-state index in [1.54, 1.807) is 0 Å². The summed E-state index contributed by atoms with van der Waals surface area (Å²) in [7, 11) is 6.88. The van der Waals surface area contributed by atoms with Gasteiger partial charge in [-0.25, -0.2) is 0 Å². The van der Waals surface area contributed by atoms with Crippen LogP contribution in [0.15, 0.2) is 0 Å². The second-order valence-corrected chi connectivity index (χ2v) is 7.61. The van der Waals surface area contributed by atoms with Crippen molar-refractivity contribution >= 4 is 12.4 Å². The normalized spacial score (nSPS) is 10.4. The Morgan fingerprint density at radius 2 is 0.826 bits per heavy atom. The largest absolute Gasteiger partial charge is 1.00 e. The number of rotatable bonds is 15. The van der Waals surface area contributed by atoms with Crippen molar-refractivity contribution in [2.24, 2.45) is 0 Å². The van der Waals surface area contributed by atoms with Gasteiger partial charge in [-0.15, -0.1) is 12.4 Å². The Morgan fingerprint density at radius 1 is 0.565 bits per heavy atom. The van der Waals surface area contributed by atoms with Crippen LogP contribution in [0, 0.1) is 0 Å². The summed E-state index contributed by atoms with van der Waals surface area (Å²) in [5.74, 6) is 0. The average Bonchev–Trinajstić information content (AvgIpc) is 2.38. The van der Waals surface area contributed by atoms with Crippen LogP contribution in [0.4, 0.5) is 0 Å². The van der Waals surface area contributed by atoms with Crippen molar-refractivity contribution < 1.29 is 52.4 Å². The molecule has 0 N–H and O–H groups in total. The second-order valence-electron chi connectivity index (χ2n) is 7.61. The Morgan fingerprint density at radius 3 is 1.09 bits per heavy atom. The van der Waals surface area contributed by atoms with Crippen molar-refractivity contribution in [2.75, 3.05) is 27.7 Å². The molecule has 4 heteroatoms. The fourth-order valence-electron chi connectivity index (χ4n) is 2.78. The van der Waals surface area contributed by atoms with E-state index in [1.807, 2.05) is 0 Å². The van der Waals surface area contributed by atoms with Crippen LogP contribution in [0.2, 0.25) is 0 Å². The summed E-state index contributed by atoms with van der Waals surface area (Å²) in [6.07, 6.45) is 20.4. The van der Waals surface area contributed by atoms with Gasteiger partial charge in [0.15, 0.2) is 0 Å². The van der Waals surface area contributed by atoms with E-state index in [0.717, 1.165) is 4.48 Å². The van der Waals surface area contributed by atoms with E-state index in [1.165, 1.54) is 96.4 Å². The molecular formula is C19H44BrClNNa. The standard InChI is InChI=1S/C19H42N.BrH.ClH.Na.H/c1-5-6-7-8-9-10-11-12-13-14-15-16-17-18-19-20(2,3)4;;;;/h5-19H2,1-4H3;2*1H;;/q+1;;;+1;-1/p-1. The topological polar surface area (TPSA) is 0 Å². The third-order valence-electron chi connectivity index (χ3n) is 4.18. The second kappa shape index (κ2) is 23.7. The maximum absolute atomic E-state index is 2.29. The molecule has 0 aliphatic rings. The molecule has 140 valence electrons. The SMILES string of the molecule is CCCCCCCCCCCCCCCC[N+](C)(C)C.Cl.[Br-].[H-].[Na+]. The van der Waals surface area contributed by atoms with Gasteiger partial charge in [-0.3, -0.25) is 0 Å². The van der Waals surface area contributed by atoms with Gasteiger partial charge < -0.3 is 22.9 Å². The van der Waals surface area contributed by atoms with Crippen LogP contribution in [0.3, 0.4) is 0 Å². The molecule has 0 bridgehead atoms. The Kier molecular flexibility index (Phi) is 33.4. The van der Waals surface area contributed by atoms with Crippen LogP contribution >= 0.6 is 12.4 Å². The van der Waals surface area contributed by atoms with E-state index < -0.39 is 0 Å². The van der Waals surface area contributed by atoms with Crippen molar-refractivity contribution in [3.63, 3.8) is 0 Å². The Balaban J connectivity index is -0.000000301. The molecule has 0 rings (SSSR count). The van der Waals surface area contributed by atoms with Crippen LogP contribution in [-0.4, -0.2) is 32.2 Å². The number of hydrogen-bond acceptors (Lipinski definition) is 0. The minimum atomic E-state index is 0. The maximum atomic E-state index is 2.29. The van der Waals surface area contributed by atoms with E-state index >= 15 is 0 Å². The van der Waals surface area contributed by atoms with E-state index in [0.29, 0.717) is 0 Å². The molecule has 0 spiro atoms. The van der Waals surface area contributed by atoms with Gasteiger partial charge >= 0.3 is 29.6 Å². The smallest absolute Gasteiger partial charge is 1.00 e. The van der Waals surface area contributed by atoms with Crippen LogP contribution < -0.4 is 46.5 Å². The molecule has 0 atom stereocenters. The van der Waals surface area contributed by atoms with Gasteiger partial charge in [0, 0.05) is 0 Å². The number of hydrogen-bond donors (Lipinski definition) is 0. The summed E-state index contributed by atoms with van der Waals surface area (Å²) in [6, 6.07) is 0. The molecule has 0 amide bonds. The first kappa shape index (κ1) is 32.4. The fraction of sp³-hybridized carbons (Fsp3) is 1.00. The molecule has 0 unspecified atom stereocenters. The third kappa shape index (κ3) is 31.9. The van der Waals surface area contributed by atoms with Gasteiger partial charge in [-0.1, -0.05) is 84.0 Å². The number of quaternary nitrogens is 1. The molecule has 0 saturated carbocycles. The van der Waals surface area contributed by atoms with Gasteiger partial charge in [0.05, 0.1) is 27.7 Å². The van der Waals surface area contributed by atoms with E-state index in [2.05, 4.69) is 28.1 Å². The molecule has 23 heavy (non-hydrogen) atoms. The third-order valence-corrected chi connectivity index (χ3v) is 4.18. The first-order valence-corrected chi connectivity index (χ1v) is 9.36. The Labute approximate surface area is 188 Å². The van der Waals surface area contributed by atoms with Gasteiger partial charge in [0.1, 0.15) is 0 Å². The first-order valence-electron chi connectivity index (χ1n) is 9.36. The van der Waals surface area contributed by atoms with E-state index in [9.17, 15) is 0 Å². The maximum Gasteiger partial charge on any atom is 1.00 e. The summed E-state index contributed by atoms with van der Waals surface area (Å²) >= 11 is 0. The molecule has 1 nitrogen and oxygen atoms in total. The van der Waals surface area contributed by atoms with Crippen molar-refractivity contribution in [1.82, 2.24) is 0 Å². The van der Waals surface area contributed by atoms with Crippen LogP contribution in [0.5, 0.6) is 0 Å². The molecule has 0 aliphatic heterocycles. The predicted molar refractivity (Wildman–Crippen MR) is 102 cm³/mol. The number of nitrogens with zero attached hydrogens (tertiary/aromatic N) is 1. The van der Waals surface area contributed by atoms with Gasteiger partial charge in [-0.05, 0) is 12.8 Å². The van der Waals surface area contributed by atoms with Crippen molar-refractivity contribution in [1.29, 1.82) is 0 Å². The summed E-state index contributed by atoms with van der Waals surface area (Å²) in [5.41, 5.74) is 0. The monoisotopic (exact) mass is 423 g/mol. The molecule has 0 aliphatic carbocycles. The van der Waals surface area contributed by atoms with Crippen LogP contribution in [0.25, 0.3) is 0 Å². The van der Waals surface area contributed by atoms with Crippen LogP contribution in [-0.2, 0) is 0 Å². The summed E-state index contributed by atoms with van der Waals surface area (Å²) in [5, 5.41) is 0. The van der Waals surface area contributed by atoms with Gasteiger partial charge in [0.2, 0.25) is 0 Å². The zero-order valence-electron chi connectivity index (χ0n) is 17.8. The van der Waals surface area contributed by atoms with Crippen molar-refractivity contribution in [2.45, 2.75) is 96.8 Å². The predicted octanol–water partition coefficient (Wildman–Crippen LogP) is 0.716. The average molecular weight is 425 g/mol. The van der Waals surface area contributed by atoms with Gasteiger partial charge in [-0.2, -0.15) is 0 Å². The minimum absolute atomic E-state index is 0.